The molecule has 1 aromatic heterocycles. The van der Waals surface area contributed by atoms with Gasteiger partial charge in [0.05, 0.1) is 23.3 Å². The van der Waals surface area contributed by atoms with E-state index in [1.54, 1.807) is 24.3 Å². The van der Waals surface area contributed by atoms with E-state index in [4.69, 9.17) is 9.47 Å². The number of nitrogens with zero attached hydrogens (tertiary/aromatic N) is 1. The number of H-pyrrole nitrogens is 1. The Labute approximate surface area is 203 Å². The highest BCUT2D eigenvalue weighted by molar-refractivity contribution is 6.16. The van der Waals surface area contributed by atoms with E-state index < -0.39 is 35.5 Å². The van der Waals surface area contributed by atoms with E-state index >= 15 is 0 Å². The van der Waals surface area contributed by atoms with Crippen LogP contribution in [0.5, 0.6) is 11.5 Å². The summed E-state index contributed by atoms with van der Waals surface area (Å²) in [6.07, 6.45) is 0. The SMILES string of the molecule is CCOc1ccc2ccccc2c1C(=O)Nc1n[nH]c2ccc(OCc3c(F)ccc(F)c3F)cc12. The fraction of sp³-hybridized carbons (Fsp3) is 0.111. The number of hydrogen-bond acceptors (Lipinski definition) is 4. The molecule has 0 bridgehead atoms. The Kier molecular flexibility index (Phi) is 6.20. The van der Waals surface area contributed by atoms with Crippen molar-refractivity contribution in [2.24, 2.45) is 0 Å². The molecule has 0 aliphatic rings. The molecule has 0 radical (unpaired) electrons. The summed E-state index contributed by atoms with van der Waals surface area (Å²) in [5, 5.41) is 12.0. The van der Waals surface area contributed by atoms with Crippen molar-refractivity contribution >= 4 is 33.4 Å². The third-order valence-corrected chi connectivity index (χ3v) is 5.71. The first-order valence-corrected chi connectivity index (χ1v) is 11.2. The van der Waals surface area contributed by atoms with Gasteiger partial charge in [-0.15, -0.1) is 0 Å². The molecule has 0 atom stereocenters. The van der Waals surface area contributed by atoms with E-state index in [1.165, 1.54) is 0 Å². The number of hydrogen-bond donors (Lipinski definition) is 2. The Morgan fingerprint density at radius 1 is 0.944 bits per heavy atom. The minimum atomic E-state index is -1.30. The van der Waals surface area contributed by atoms with E-state index in [0.717, 1.165) is 16.8 Å². The minimum absolute atomic E-state index is 0.235. The summed E-state index contributed by atoms with van der Waals surface area (Å²) < 4.78 is 52.6. The average molecular weight is 491 g/mol. The van der Waals surface area contributed by atoms with Gasteiger partial charge in [-0.25, -0.2) is 13.2 Å². The maximum Gasteiger partial charge on any atom is 0.261 e. The molecule has 0 spiro atoms. The number of rotatable bonds is 7. The first-order chi connectivity index (χ1) is 17.5. The van der Waals surface area contributed by atoms with Gasteiger partial charge < -0.3 is 14.8 Å². The zero-order valence-electron chi connectivity index (χ0n) is 19.1. The molecule has 1 heterocycles. The van der Waals surface area contributed by atoms with Crippen LogP contribution in [-0.2, 0) is 6.61 Å². The first-order valence-electron chi connectivity index (χ1n) is 11.2. The van der Waals surface area contributed by atoms with Crippen molar-refractivity contribution in [3.8, 4) is 11.5 Å². The van der Waals surface area contributed by atoms with Gasteiger partial charge in [0.1, 0.15) is 23.9 Å². The molecular formula is C27H20F3N3O3. The second kappa shape index (κ2) is 9.61. The van der Waals surface area contributed by atoms with E-state index in [-0.39, 0.29) is 11.6 Å². The molecule has 6 nitrogen and oxygen atoms in total. The highest BCUT2D eigenvalue weighted by Gasteiger charge is 2.20. The molecule has 4 aromatic carbocycles. The average Bonchev–Trinajstić information content (AvgIpc) is 3.28. The number of benzene rings is 4. The normalized spacial score (nSPS) is 11.1. The maximum atomic E-state index is 14.0. The van der Waals surface area contributed by atoms with Crippen molar-refractivity contribution in [1.29, 1.82) is 0 Å². The Morgan fingerprint density at radius 3 is 2.58 bits per heavy atom. The predicted molar refractivity (Wildman–Crippen MR) is 130 cm³/mol. The van der Waals surface area contributed by atoms with Crippen LogP contribution in [0.2, 0.25) is 0 Å². The second-order valence-corrected chi connectivity index (χ2v) is 7.94. The summed E-state index contributed by atoms with van der Waals surface area (Å²) >= 11 is 0. The van der Waals surface area contributed by atoms with Crippen LogP contribution in [0.4, 0.5) is 19.0 Å². The predicted octanol–water partition coefficient (Wildman–Crippen LogP) is 6.36. The zero-order valence-corrected chi connectivity index (χ0v) is 19.1. The van der Waals surface area contributed by atoms with Crippen LogP contribution in [-0.4, -0.2) is 22.7 Å². The van der Waals surface area contributed by atoms with Crippen LogP contribution in [0, 0.1) is 17.5 Å². The highest BCUT2D eigenvalue weighted by Crippen LogP contribution is 2.31. The summed E-state index contributed by atoms with van der Waals surface area (Å²) in [6, 6.07) is 17.4. The third-order valence-electron chi connectivity index (χ3n) is 5.71. The number of carbonyl (C=O) groups is 1. The van der Waals surface area contributed by atoms with Crippen LogP contribution in [0.3, 0.4) is 0 Å². The van der Waals surface area contributed by atoms with Gasteiger partial charge in [0, 0.05) is 5.39 Å². The molecular weight excluding hydrogens is 471 g/mol. The molecule has 1 amide bonds. The summed E-state index contributed by atoms with van der Waals surface area (Å²) in [6.45, 7) is 1.70. The number of carbonyl (C=O) groups excluding carboxylic acids is 1. The topological polar surface area (TPSA) is 76.2 Å². The van der Waals surface area contributed by atoms with E-state index in [2.05, 4.69) is 15.5 Å². The van der Waals surface area contributed by atoms with Gasteiger partial charge in [0.2, 0.25) is 0 Å². The van der Waals surface area contributed by atoms with Crippen molar-refractivity contribution in [2.45, 2.75) is 13.5 Å². The summed E-state index contributed by atoms with van der Waals surface area (Å²) in [4.78, 5) is 13.4. The molecule has 0 saturated heterocycles. The van der Waals surface area contributed by atoms with Crippen molar-refractivity contribution in [2.75, 3.05) is 11.9 Å². The van der Waals surface area contributed by atoms with Gasteiger partial charge in [-0.2, -0.15) is 5.10 Å². The molecule has 182 valence electrons. The lowest BCUT2D eigenvalue weighted by atomic mass is 10.0. The molecule has 0 aliphatic heterocycles. The van der Waals surface area contributed by atoms with E-state index in [1.807, 2.05) is 37.3 Å². The molecule has 5 rings (SSSR count). The molecule has 0 aliphatic carbocycles. The van der Waals surface area contributed by atoms with Crippen LogP contribution in [0.1, 0.15) is 22.8 Å². The quantitative estimate of drug-likeness (QED) is 0.260. The van der Waals surface area contributed by atoms with Gasteiger partial charge in [0.25, 0.3) is 5.91 Å². The summed E-state index contributed by atoms with van der Waals surface area (Å²) in [5.41, 5.74) is 0.453. The van der Waals surface area contributed by atoms with Gasteiger partial charge in [-0.05, 0) is 54.1 Å². The second-order valence-electron chi connectivity index (χ2n) is 7.94. The summed E-state index contributed by atoms with van der Waals surface area (Å²) in [7, 11) is 0. The van der Waals surface area contributed by atoms with Crippen molar-refractivity contribution < 1.29 is 27.4 Å². The van der Waals surface area contributed by atoms with E-state index in [9.17, 15) is 18.0 Å². The Bertz CT molecular complexity index is 1600. The largest absolute Gasteiger partial charge is 0.493 e. The molecule has 5 aromatic rings. The lowest BCUT2D eigenvalue weighted by Gasteiger charge is -2.13. The molecule has 2 N–H and O–H groups in total. The first kappa shape index (κ1) is 23.2. The molecule has 0 unspecified atom stereocenters. The minimum Gasteiger partial charge on any atom is -0.493 e. The lowest BCUT2D eigenvalue weighted by Crippen LogP contribution is -2.15. The molecule has 9 heteroatoms. The molecule has 0 fully saturated rings. The standard InChI is InChI=1S/C27H20F3N3O3/c1-2-35-23-12-7-15-5-3-4-6-17(15)24(23)27(34)31-26-18-13-16(8-11-22(18)32-33-26)36-14-19-20(28)9-10-21(29)25(19)30/h3-13H,2,14H2,1H3,(H2,31,32,33,34). The van der Waals surface area contributed by atoms with Crippen LogP contribution in [0.25, 0.3) is 21.7 Å². The van der Waals surface area contributed by atoms with Gasteiger partial charge in [-0.3, -0.25) is 9.89 Å². The van der Waals surface area contributed by atoms with Crippen LogP contribution >= 0.6 is 0 Å². The highest BCUT2D eigenvalue weighted by atomic mass is 19.2. The Morgan fingerprint density at radius 2 is 1.75 bits per heavy atom. The lowest BCUT2D eigenvalue weighted by molar-refractivity contribution is 0.102. The maximum absolute atomic E-state index is 14.0. The Hall–Kier alpha value is -4.53. The fourth-order valence-corrected chi connectivity index (χ4v) is 3.97. The monoisotopic (exact) mass is 491 g/mol. The smallest absolute Gasteiger partial charge is 0.261 e. The third kappa shape index (κ3) is 4.31. The molecule has 36 heavy (non-hydrogen) atoms. The number of fused-ring (bicyclic) bond motifs is 2. The van der Waals surface area contributed by atoms with Crippen molar-refractivity contribution in [1.82, 2.24) is 10.2 Å². The molecule has 0 saturated carbocycles. The fourth-order valence-electron chi connectivity index (χ4n) is 3.97. The number of ether oxygens (including phenoxy) is 2. The number of nitrogens with one attached hydrogen (secondary N) is 2. The van der Waals surface area contributed by atoms with Gasteiger partial charge in [0.15, 0.2) is 17.5 Å². The number of aromatic amines is 1. The van der Waals surface area contributed by atoms with Crippen LogP contribution in [0.15, 0.2) is 66.7 Å². The summed E-state index contributed by atoms with van der Waals surface area (Å²) in [5.74, 6) is -2.86. The van der Waals surface area contributed by atoms with Crippen molar-refractivity contribution in [3.63, 3.8) is 0 Å². The number of amides is 1. The van der Waals surface area contributed by atoms with Gasteiger partial charge >= 0.3 is 0 Å². The van der Waals surface area contributed by atoms with Gasteiger partial charge in [-0.1, -0.05) is 30.3 Å². The number of anilines is 1. The number of aromatic nitrogens is 2. The van der Waals surface area contributed by atoms with Crippen molar-refractivity contribution in [3.05, 3.63) is 95.3 Å². The zero-order chi connectivity index (χ0) is 25.2. The number of halogens is 3. The van der Waals surface area contributed by atoms with Crippen LogP contribution < -0.4 is 14.8 Å². The van der Waals surface area contributed by atoms with E-state index in [0.29, 0.717) is 34.9 Å². The Balaban J connectivity index is 1.44.